The van der Waals surface area contributed by atoms with Crippen molar-refractivity contribution in [2.45, 2.75) is 19.9 Å². The lowest BCUT2D eigenvalue weighted by molar-refractivity contribution is 0.0389. The van der Waals surface area contributed by atoms with Crippen molar-refractivity contribution in [2.24, 2.45) is 4.99 Å². The Morgan fingerprint density at radius 3 is 2.70 bits per heavy atom. The van der Waals surface area contributed by atoms with Gasteiger partial charge in [-0.3, -0.25) is 4.90 Å². The summed E-state index contributed by atoms with van der Waals surface area (Å²) in [6.45, 7) is 8.77. The van der Waals surface area contributed by atoms with Gasteiger partial charge in [0.15, 0.2) is 5.96 Å². The molecule has 30 heavy (non-hydrogen) atoms. The Morgan fingerprint density at radius 2 is 1.97 bits per heavy atom. The van der Waals surface area contributed by atoms with Crippen LogP contribution in [0.2, 0.25) is 0 Å². The van der Waals surface area contributed by atoms with Crippen molar-refractivity contribution >= 4 is 29.9 Å². The van der Waals surface area contributed by atoms with E-state index in [1.54, 1.807) is 13.4 Å². The van der Waals surface area contributed by atoms with E-state index in [4.69, 9.17) is 18.9 Å². The van der Waals surface area contributed by atoms with Gasteiger partial charge in [0.05, 0.1) is 33.1 Å². The van der Waals surface area contributed by atoms with Gasteiger partial charge in [-0.15, -0.1) is 24.0 Å². The van der Waals surface area contributed by atoms with Gasteiger partial charge >= 0.3 is 0 Å². The maximum atomic E-state index is 5.51. The molecule has 1 aromatic carbocycles. The fourth-order valence-electron chi connectivity index (χ4n) is 3.24. The Balaban J connectivity index is 0.00000320. The van der Waals surface area contributed by atoms with Crippen LogP contribution < -0.4 is 15.4 Å². The largest absolute Gasteiger partial charge is 0.496 e. The standard InChI is InChI=1S/C22H32N4O3.HI/c1-18-5-6-19(21(16-18)27-2)17-25-22(23-8-7-20-4-3-13-29-20)24-9-10-26-11-14-28-15-12-26;/h3-6,13,16H,7-12,14-15,17H2,1-2H3,(H2,23,24,25);1H. The molecular formula is C22H33IN4O3. The Hall–Kier alpha value is -1.78. The lowest BCUT2D eigenvalue weighted by Gasteiger charge is -2.26. The molecule has 0 spiro atoms. The summed E-state index contributed by atoms with van der Waals surface area (Å²) in [7, 11) is 1.70. The summed E-state index contributed by atoms with van der Waals surface area (Å²) >= 11 is 0. The summed E-state index contributed by atoms with van der Waals surface area (Å²) in [5, 5.41) is 6.86. The van der Waals surface area contributed by atoms with Gasteiger partial charge in [0, 0.05) is 44.7 Å². The number of morpholine rings is 1. The second-order valence-corrected chi connectivity index (χ2v) is 7.12. The average Bonchev–Trinajstić information content (AvgIpc) is 3.26. The van der Waals surface area contributed by atoms with Gasteiger partial charge in [-0.1, -0.05) is 12.1 Å². The molecule has 1 aliphatic rings. The van der Waals surface area contributed by atoms with Gasteiger partial charge in [-0.2, -0.15) is 0 Å². The van der Waals surface area contributed by atoms with E-state index in [1.165, 1.54) is 5.56 Å². The third-order valence-corrected chi connectivity index (χ3v) is 4.92. The van der Waals surface area contributed by atoms with Crippen molar-refractivity contribution in [3.63, 3.8) is 0 Å². The first-order valence-corrected chi connectivity index (χ1v) is 10.2. The highest BCUT2D eigenvalue weighted by Crippen LogP contribution is 2.20. The number of rotatable bonds is 9. The van der Waals surface area contributed by atoms with Gasteiger partial charge in [0.1, 0.15) is 11.5 Å². The number of benzene rings is 1. The lowest BCUT2D eigenvalue weighted by atomic mass is 10.1. The molecule has 0 atom stereocenters. The monoisotopic (exact) mass is 528 g/mol. The SMILES string of the molecule is COc1cc(C)ccc1CN=C(NCCc1ccco1)NCCN1CCOCC1.I. The van der Waals surface area contributed by atoms with Gasteiger partial charge in [0.2, 0.25) is 0 Å². The van der Waals surface area contributed by atoms with Crippen LogP contribution in [0.4, 0.5) is 0 Å². The second-order valence-electron chi connectivity index (χ2n) is 7.12. The number of hydrogen-bond donors (Lipinski definition) is 2. The van der Waals surface area contributed by atoms with Crippen LogP contribution in [0.25, 0.3) is 0 Å². The number of aliphatic imine (C=N–C) groups is 1. The highest BCUT2D eigenvalue weighted by Gasteiger charge is 2.10. The second kappa shape index (κ2) is 13.5. The molecule has 166 valence electrons. The Bertz CT molecular complexity index is 762. The van der Waals surface area contributed by atoms with E-state index < -0.39 is 0 Å². The van der Waals surface area contributed by atoms with Crippen LogP contribution in [-0.4, -0.2) is 63.9 Å². The van der Waals surface area contributed by atoms with E-state index >= 15 is 0 Å². The maximum absolute atomic E-state index is 5.51. The number of ether oxygens (including phenoxy) is 2. The molecule has 2 heterocycles. The van der Waals surface area contributed by atoms with Crippen LogP contribution in [0, 0.1) is 6.92 Å². The van der Waals surface area contributed by atoms with Gasteiger partial charge in [-0.25, -0.2) is 4.99 Å². The van der Waals surface area contributed by atoms with Crippen molar-refractivity contribution < 1.29 is 13.9 Å². The molecule has 0 aliphatic carbocycles. The Morgan fingerprint density at radius 1 is 1.17 bits per heavy atom. The number of nitrogens with one attached hydrogen (secondary N) is 2. The van der Waals surface area contributed by atoms with E-state index in [1.807, 2.05) is 18.2 Å². The van der Waals surface area contributed by atoms with Crippen molar-refractivity contribution in [1.29, 1.82) is 0 Å². The molecule has 2 N–H and O–H groups in total. The fraction of sp³-hybridized carbons (Fsp3) is 0.500. The molecule has 1 aliphatic heterocycles. The number of nitrogens with zero attached hydrogens (tertiary/aromatic N) is 2. The molecule has 0 radical (unpaired) electrons. The Labute approximate surface area is 196 Å². The molecule has 1 saturated heterocycles. The molecule has 0 bridgehead atoms. The van der Waals surface area contributed by atoms with Crippen LogP contribution >= 0.6 is 24.0 Å². The Kier molecular flexibility index (Phi) is 11.0. The van der Waals surface area contributed by atoms with Crippen LogP contribution in [0.15, 0.2) is 46.0 Å². The molecule has 8 heteroatoms. The van der Waals surface area contributed by atoms with E-state index in [-0.39, 0.29) is 24.0 Å². The summed E-state index contributed by atoms with van der Waals surface area (Å²) < 4.78 is 16.3. The molecule has 2 aromatic rings. The molecule has 3 rings (SSSR count). The van der Waals surface area contributed by atoms with Gasteiger partial charge < -0.3 is 24.5 Å². The predicted molar refractivity (Wildman–Crippen MR) is 130 cm³/mol. The smallest absolute Gasteiger partial charge is 0.191 e. The van der Waals surface area contributed by atoms with Crippen molar-refractivity contribution in [3.8, 4) is 5.75 Å². The molecular weight excluding hydrogens is 495 g/mol. The first-order chi connectivity index (χ1) is 14.2. The number of halogens is 1. The summed E-state index contributed by atoms with van der Waals surface area (Å²) in [6.07, 6.45) is 2.51. The van der Waals surface area contributed by atoms with Crippen LogP contribution in [0.3, 0.4) is 0 Å². The number of guanidine groups is 1. The zero-order valence-corrected chi connectivity index (χ0v) is 20.2. The number of hydrogen-bond acceptors (Lipinski definition) is 5. The van der Waals surface area contributed by atoms with Crippen molar-refractivity contribution in [2.75, 3.05) is 53.0 Å². The molecule has 0 amide bonds. The normalized spacial score (nSPS) is 14.8. The van der Waals surface area contributed by atoms with E-state index in [2.05, 4.69) is 34.6 Å². The maximum Gasteiger partial charge on any atom is 0.191 e. The number of methoxy groups -OCH3 is 1. The summed E-state index contributed by atoms with van der Waals surface area (Å²) in [6, 6.07) is 10.1. The third kappa shape index (κ3) is 8.16. The minimum Gasteiger partial charge on any atom is -0.496 e. The zero-order valence-electron chi connectivity index (χ0n) is 17.9. The topological polar surface area (TPSA) is 71.3 Å². The van der Waals surface area contributed by atoms with Crippen LogP contribution in [0.1, 0.15) is 16.9 Å². The average molecular weight is 528 g/mol. The number of aryl methyl sites for hydroxylation is 1. The highest BCUT2D eigenvalue weighted by molar-refractivity contribution is 14.0. The van der Waals surface area contributed by atoms with E-state index in [9.17, 15) is 0 Å². The third-order valence-electron chi connectivity index (χ3n) is 4.92. The summed E-state index contributed by atoms with van der Waals surface area (Å²) in [5.74, 6) is 2.63. The minimum atomic E-state index is 0. The first kappa shape index (κ1) is 24.5. The van der Waals surface area contributed by atoms with Gasteiger partial charge in [0.25, 0.3) is 0 Å². The fourth-order valence-corrected chi connectivity index (χ4v) is 3.24. The molecule has 0 unspecified atom stereocenters. The zero-order chi connectivity index (χ0) is 20.3. The summed E-state index contributed by atoms with van der Waals surface area (Å²) in [5.41, 5.74) is 2.24. The van der Waals surface area contributed by atoms with E-state index in [0.717, 1.165) is 75.4 Å². The number of furan rings is 1. The minimum absolute atomic E-state index is 0. The van der Waals surface area contributed by atoms with Gasteiger partial charge in [-0.05, 0) is 30.7 Å². The van der Waals surface area contributed by atoms with Crippen molar-refractivity contribution in [1.82, 2.24) is 15.5 Å². The quantitative estimate of drug-likeness (QED) is 0.297. The van der Waals surface area contributed by atoms with Crippen LogP contribution in [0.5, 0.6) is 5.75 Å². The predicted octanol–water partition coefficient (Wildman–Crippen LogP) is 2.82. The molecule has 1 fully saturated rings. The van der Waals surface area contributed by atoms with E-state index in [0.29, 0.717) is 6.54 Å². The highest BCUT2D eigenvalue weighted by atomic mass is 127. The molecule has 0 saturated carbocycles. The molecule has 7 nitrogen and oxygen atoms in total. The van der Waals surface area contributed by atoms with Crippen LogP contribution in [-0.2, 0) is 17.7 Å². The first-order valence-electron chi connectivity index (χ1n) is 10.2. The summed E-state index contributed by atoms with van der Waals surface area (Å²) in [4.78, 5) is 7.18. The lowest BCUT2D eigenvalue weighted by Crippen LogP contribution is -2.44. The molecule has 1 aromatic heterocycles. The van der Waals surface area contributed by atoms with Crippen molar-refractivity contribution in [3.05, 3.63) is 53.5 Å².